The number of nitrogens with zero attached hydrogens (tertiary/aromatic N) is 2. The van der Waals surface area contributed by atoms with E-state index >= 15 is 0 Å². The first-order valence-electron chi connectivity index (χ1n) is 12.1. The number of fused-ring (bicyclic) bond motifs is 2. The standard InChI is InChI=1S/C27H23ClF4N4O3S/c1-3-25(2)12-39-22-16(25)10-19(35-20(22)13-4-6-15(29)7-5-13)26(38,27(30,31)32)11-34-23(37)14-8-17(28)21-18(9-14)40-24(33)36-21/h4-10,38H,3,11-12H2,1-2H3,(H2,33,36)(H,34,37)/t25-,26+/m1/s1. The summed E-state index contributed by atoms with van der Waals surface area (Å²) in [7, 11) is 0. The summed E-state index contributed by atoms with van der Waals surface area (Å²) in [5, 5.41) is 13.7. The van der Waals surface area contributed by atoms with Crippen molar-refractivity contribution in [1.82, 2.24) is 15.3 Å². The van der Waals surface area contributed by atoms with E-state index in [0.717, 1.165) is 23.5 Å². The molecule has 5 rings (SSSR count). The molecule has 4 aromatic rings. The van der Waals surface area contributed by atoms with E-state index in [9.17, 15) is 27.5 Å². The molecule has 1 aliphatic rings. The van der Waals surface area contributed by atoms with Gasteiger partial charge in [0.25, 0.3) is 5.91 Å². The minimum atomic E-state index is -5.24. The number of anilines is 1. The van der Waals surface area contributed by atoms with E-state index in [4.69, 9.17) is 22.1 Å². The van der Waals surface area contributed by atoms with E-state index < -0.39 is 41.2 Å². The molecule has 7 nitrogen and oxygen atoms in total. The molecule has 2 aromatic carbocycles. The molecular formula is C27H23ClF4N4O3S. The highest BCUT2D eigenvalue weighted by molar-refractivity contribution is 7.22. The number of amides is 1. The Morgan fingerprint density at radius 2 is 1.93 bits per heavy atom. The second-order valence-electron chi connectivity index (χ2n) is 9.84. The topological polar surface area (TPSA) is 110 Å². The lowest BCUT2D eigenvalue weighted by Crippen LogP contribution is -2.51. The van der Waals surface area contributed by atoms with Crippen LogP contribution in [0.3, 0.4) is 0 Å². The molecule has 210 valence electrons. The lowest BCUT2D eigenvalue weighted by molar-refractivity contribution is -0.265. The van der Waals surface area contributed by atoms with E-state index in [2.05, 4.69) is 15.3 Å². The Labute approximate surface area is 235 Å². The molecule has 1 aliphatic heterocycles. The third kappa shape index (κ3) is 4.73. The lowest BCUT2D eigenvalue weighted by Gasteiger charge is -2.31. The molecule has 0 saturated heterocycles. The Hall–Kier alpha value is -3.48. The second-order valence-corrected chi connectivity index (χ2v) is 11.3. The van der Waals surface area contributed by atoms with Crippen molar-refractivity contribution in [2.75, 3.05) is 18.9 Å². The maximum absolute atomic E-state index is 14.6. The van der Waals surface area contributed by atoms with Crippen molar-refractivity contribution in [2.24, 2.45) is 0 Å². The van der Waals surface area contributed by atoms with Gasteiger partial charge in [-0.3, -0.25) is 4.79 Å². The number of nitrogen functional groups attached to an aromatic ring is 1. The normalized spacial score (nSPS) is 18.3. The molecule has 0 fully saturated rings. The Balaban J connectivity index is 1.57. The van der Waals surface area contributed by atoms with Crippen LogP contribution >= 0.6 is 22.9 Å². The SMILES string of the molecule is CC[C@]1(C)COc2c1cc([C@@](O)(CNC(=O)c1cc(Cl)c3nc(N)sc3c1)C(F)(F)F)nc2-c1ccc(F)cc1. The predicted octanol–water partition coefficient (Wildman–Crippen LogP) is 5.97. The number of thiazole rings is 1. The minimum Gasteiger partial charge on any atom is -0.490 e. The van der Waals surface area contributed by atoms with Gasteiger partial charge in [0.1, 0.15) is 22.8 Å². The zero-order chi connectivity index (χ0) is 29.0. The number of carbonyl (C=O) groups is 1. The van der Waals surface area contributed by atoms with Crippen LogP contribution in [0.15, 0.2) is 42.5 Å². The number of halogens is 5. The molecule has 0 spiro atoms. The van der Waals surface area contributed by atoms with Gasteiger partial charge >= 0.3 is 6.18 Å². The number of ether oxygens (including phenoxy) is 1. The fourth-order valence-electron chi connectivity index (χ4n) is 4.53. The van der Waals surface area contributed by atoms with Crippen molar-refractivity contribution < 1.29 is 32.2 Å². The van der Waals surface area contributed by atoms with Crippen LogP contribution in [0.4, 0.5) is 22.7 Å². The first-order valence-corrected chi connectivity index (χ1v) is 13.3. The molecule has 40 heavy (non-hydrogen) atoms. The van der Waals surface area contributed by atoms with Crippen molar-refractivity contribution in [3.8, 4) is 17.0 Å². The van der Waals surface area contributed by atoms with Crippen molar-refractivity contribution in [1.29, 1.82) is 0 Å². The lowest BCUT2D eigenvalue weighted by atomic mass is 9.80. The van der Waals surface area contributed by atoms with Crippen LogP contribution in [0.1, 0.15) is 41.9 Å². The summed E-state index contributed by atoms with van der Waals surface area (Å²) >= 11 is 7.26. The van der Waals surface area contributed by atoms with Crippen LogP contribution in [0, 0.1) is 5.82 Å². The van der Waals surface area contributed by atoms with Crippen molar-refractivity contribution in [2.45, 2.75) is 37.5 Å². The highest BCUT2D eigenvalue weighted by atomic mass is 35.5. The molecule has 2 aromatic heterocycles. The summed E-state index contributed by atoms with van der Waals surface area (Å²) in [5.41, 5.74) is 1.81. The molecule has 0 aliphatic carbocycles. The van der Waals surface area contributed by atoms with Gasteiger partial charge in [-0.05, 0) is 48.9 Å². The Kier molecular flexibility index (Phi) is 6.92. The van der Waals surface area contributed by atoms with E-state index in [0.29, 0.717) is 27.8 Å². The maximum Gasteiger partial charge on any atom is 0.424 e. The summed E-state index contributed by atoms with van der Waals surface area (Å²) in [5.74, 6) is -1.18. The van der Waals surface area contributed by atoms with Crippen LogP contribution in [-0.2, 0) is 11.0 Å². The van der Waals surface area contributed by atoms with Crippen molar-refractivity contribution in [3.63, 3.8) is 0 Å². The van der Waals surface area contributed by atoms with Gasteiger partial charge in [0, 0.05) is 22.1 Å². The number of hydrogen-bond donors (Lipinski definition) is 3. The Morgan fingerprint density at radius 1 is 1.23 bits per heavy atom. The number of hydrogen-bond acceptors (Lipinski definition) is 7. The summed E-state index contributed by atoms with van der Waals surface area (Å²) in [4.78, 5) is 21.2. The molecule has 2 atom stereocenters. The number of aliphatic hydroxyl groups is 1. The van der Waals surface area contributed by atoms with Crippen LogP contribution in [0.25, 0.3) is 21.5 Å². The molecule has 0 saturated carbocycles. The number of rotatable bonds is 6. The highest BCUT2D eigenvalue weighted by Crippen LogP contribution is 2.48. The molecule has 0 radical (unpaired) electrons. The van der Waals surface area contributed by atoms with E-state index in [1.165, 1.54) is 30.3 Å². The first-order chi connectivity index (χ1) is 18.8. The van der Waals surface area contributed by atoms with Crippen molar-refractivity contribution >= 4 is 44.2 Å². The zero-order valence-corrected chi connectivity index (χ0v) is 22.8. The highest BCUT2D eigenvalue weighted by Gasteiger charge is 2.57. The number of benzene rings is 2. The molecule has 3 heterocycles. The van der Waals surface area contributed by atoms with Gasteiger partial charge in [-0.2, -0.15) is 13.2 Å². The molecular weight excluding hydrogens is 572 g/mol. The number of alkyl halides is 3. The van der Waals surface area contributed by atoms with Gasteiger partial charge in [0.2, 0.25) is 5.60 Å². The van der Waals surface area contributed by atoms with Gasteiger partial charge in [0.15, 0.2) is 5.13 Å². The van der Waals surface area contributed by atoms with Crippen LogP contribution < -0.4 is 15.8 Å². The quantitative estimate of drug-likeness (QED) is 0.237. The fourth-order valence-corrected chi connectivity index (χ4v) is 5.65. The molecule has 13 heteroatoms. The average molecular weight is 595 g/mol. The molecule has 1 amide bonds. The molecule has 4 N–H and O–H groups in total. The van der Waals surface area contributed by atoms with Gasteiger partial charge < -0.3 is 20.9 Å². The number of aromatic nitrogens is 2. The molecule has 0 unspecified atom stereocenters. The summed E-state index contributed by atoms with van der Waals surface area (Å²) in [6.45, 7) is 2.64. The number of nitrogens with one attached hydrogen (secondary N) is 1. The van der Waals surface area contributed by atoms with Gasteiger partial charge in [-0.25, -0.2) is 14.4 Å². The van der Waals surface area contributed by atoms with E-state index in [1.54, 1.807) is 0 Å². The number of pyridine rings is 1. The summed E-state index contributed by atoms with van der Waals surface area (Å²) in [6, 6.07) is 8.87. The van der Waals surface area contributed by atoms with Crippen LogP contribution in [-0.4, -0.2) is 40.3 Å². The Morgan fingerprint density at radius 3 is 2.58 bits per heavy atom. The van der Waals surface area contributed by atoms with Crippen LogP contribution in [0.5, 0.6) is 5.75 Å². The summed E-state index contributed by atoms with van der Waals surface area (Å²) in [6.07, 6.45) is -4.71. The average Bonchev–Trinajstić information content (AvgIpc) is 3.46. The minimum absolute atomic E-state index is 0.0266. The number of nitrogens with two attached hydrogens (primary N) is 1. The first kappa shape index (κ1) is 28.1. The third-order valence-electron chi connectivity index (χ3n) is 7.18. The van der Waals surface area contributed by atoms with Crippen LogP contribution in [0.2, 0.25) is 5.02 Å². The molecule has 0 bridgehead atoms. The van der Waals surface area contributed by atoms with Gasteiger partial charge in [-0.15, -0.1) is 0 Å². The third-order valence-corrected chi connectivity index (χ3v) is 8.30. The maximum atomic E-state index is 14.6. The predicted molar refractivity (Wildman–Crippen MR) is 144 cm³/mol. The number of carbonyl (C=O) groups excluding carboxylic acids is 1. The van der Waals surface area contributed by atoms with Gasteiger partial charge in [0.05, 0.1) is 28.6 Å². The van der Waals surface area contributed by atoms with E-state index in [-0.39, 0.29) is 33.8 Å². The fraction of sp³-hybridized carbons (Fsp3) is 0.296. The smallest absolute Gasteiger partial charge is 0.424 e. The van der Waals surface area contributed by atoms with Gasteiger partial charge in [-0.1, -0.05) is 36.8 Å². The monoisotopic (exact) mass is 594 g/mol. The Bertz CT molecular complexity index is 1630. The largest absolute Gasteiger partial charge is 0.490 e. The van der Waals surface area contributed by atoms with E-state index in [1.807, 2.05) is 13.8 Å². The van der Waals surface area contributed by atoms with Crippen molar-refractivity contribution in [3.05, 3.63) is 70.1 Å². The summed E-state index contributed by atoms with van der Waals surface area (Å²) < 4.78 is 63.7. The second kappa shape index (κ2) is 9.86. The zero-order valence-electron chi connectivity index (χ0n) is 21.2.